The molecule has 1 spiro atoms. The number of rotatable bonds is 6. The molecule has 5 rings (SSSR count). The molecule has 170 valence electrons. The van der Waals surface area contributed by atoms with Crippen molar-refractivity contribution in [3.8, 4) is 5.75 Å². The molecule has 2 aliphatic heterocycles. The van der Waals surface area contributed by atoms with Crippen LogP contribution >= 0.6 is 0 Å². The number of hydrogen-bond acceptors (Lipinski definition) is 4. The third kappa shape index (κ3) is 5.20. The molecular formula is C28H30N2O3. The van der Waals surface area contributed by atoms with Crippen LogP contribution in [-0.4, -0.2) is 42.6 Å². The molecule has 0 bridgehead atoms. The van der Waals surface area contributed by atoms with Crippen LogP contribution in [0.3, 0.4) is 0 Å². The molecule has 2 heterocycles. The van der Waals surface area contributed by atoms with Gasteiger partial charge in [-0.05, 0) is 48.2 Å². The van der Waals surface area contributed by atoms with E-state index in [0.29, 0.717) is 19.7 Å². The third-order valence-electron chi connectivity index (χ3n) is 6.67. The lowest BCUT2D eigenvalue weighted by Gasteiger charge is -2.47. The van der Waals surface area contributed by atoms with Gasteiger partial charge in [0.25, 0.3) is 0 Å². The van der Waals surface area contributed by atoms with Crippen molar-refractivity contribution in [3.63, 3.8) is 0 Å². The molecule has 2 saturated heterocycles. The van der Waals surface area contributed by atoms with Gasteiger partial charge in [0, 0.05) is 25.3 Å². The minimum absolute atomic E-state index is 0.0815. The van der Waals surface area contributed by atoms with E-state index in [9.17, 15) is 4.79 Å². The first-order valence-corrected chi connectivity index (χ1v) is 11.7. The van der Waals surface area contributed by atoms with Crippen LogP contribution in [0.5, 0.6) is 5.75 Å². The normalized spacial score (nSPS) is 17.9. The summed E-state index contributed by atoms with van der Waals surface area (Å²) in [7, 11) is 0. The summed E-state index contributed by atoms with van der Waals surface area (Å²) in [5, 5.41) is 0. The lowest BCUT2D eigenvalue weighted by Crippen LogP contribution is -2.58. The summed E-state index contributed by atoms with van der Waals surface area (Å²) in [5.74, 6) is 0.958. The van der Waals surface area contributed by atoms with Gasteiger partial charge in [-0.2, -0.15) is 0 Å². The van der Waals surface area contributed by atoms with Crippen LogP contribution in [-0.2, 0) is 22.7 Å². The molecule has 3 aromatic rings. The topological polar surface area (TPSA) is 42.0 Å². The molecule has 0 aromatic heterocycles. The van der Waals surface area contributed by atoms with Crippen molar-refractivity contribution in [3.05, 3.63) is 96.1 Å². The molecule has 2 aliphatic rings. The predicted molar refractivity (Wildman–Crippen MR) is 129 cm³/mol. The van der Waals surface area contributed by atoms with Crippen LogP contribution in [0.25, 0.3) is 0 Å². The fraction of sp³-hybridized carbons (Fsp3) is 0.321. The molecule has 2 fully saturated rings. The zero-order valence-electron chi connectivity index (χ0n) is 18.9. The van der Waals surface area contributed by atoms with Crippen LogP contribution in [0.1, 0.15) is 24.0 Å². The molecule has 0 saturated carbocycles. The van der Waals surface area contributed by atoms with Crippen molar-refractivity contribution in [2.75, 3.05) is 31.1 Å². The Bertz CT molecular complexity index is 1050. The largest absolute Gasteiger partial charge is 0.489 e. The second-order valence-electron chi connectivity index (χ2n) is 8.96. The number of ether oxygens (including phenoxy) is 2. The van der Waals surface area contributed by atoms with E-state index in [4.69, 9.17) is 9.47 Å². The van der Waals surface area contributed by atoms with Crippen molar-refractivity contribution >= 4 is 11.6 Å². The monoisotopic (exact) mass is 442 g/mol. The molecule has 0 atom stereocenters. The zero-order chi connectivity index (χ0) is 22.5. The average molecular weight is 443 g/mol. The molecule has 3 aromatic carbocycles. The van der Waals surface area contributed by atoms with Crippen LogP contribution in [0, 0.1) is 0 Å². The summed E-state index contributed by atoms with van der Waals surface area (Å²) in [6.45, 7) is 3.90. The van der Waals surface area contributed by atoms with Gasteiger partial charge in [0.05, 0.1) is 12.1 Å². The molecule has 1 amide bonds. The Kier molecular flexibility index (Phi) is 6.31. The SMILES string of the molecule is O=C1COC2(CCN(c3ccc(OCc4ccccc4)cc3)CC2)CN1Cc1ccccc1. The van der Waals surface area contributed by atoms with Crippen LogP contribution < -0.4 is 9.64 Å². The first kappa shape index (κ1) is 21.5. The van der Waals surface area contributed by atoms with E-state index in [1.807, 2.05) is 53.4 Å². The number of benzene rings is 3. The van der Waals surface area contributed by atoms with Gasteiger partial charge in [-0.25, -0.2) is 0 Å². The van der Waals surface area contributed by atoms with Gasteiger partial charge >= 0.3 is 0 Å². The minimum Gasteiger partial charge on any atom is -0.489 e. The lowest BCUT2D eigenvalue weighted by atomic mass is 9.88. The third-order valence-corrected chi connectivity index (χ3v) is 6.67. The summed E-state index contributed by atoms with van der Waals surface area (Å²) in [6, 6.07) is 28.7. The molecule has 33 heavy (non-hydrogen) atoms. The number of hydrogen-bond donors (Lipinski definition) is 0. The number of anilines is 1. The first-order valence-electron chi connectivity index (χ1n) is 11.7. The van der Waals surface area contributed by atoms with Crippen LogP contribution in [0.2, 0.25) is 0 Å². The van der Waals surface area contributed by atoms with Crippen LogP contribution in [0.15, 0.2) is 84.9 Å². The van der Waals surface area contributed by atoms with E-state index in [1.54, 1.807) is 0 Å². The predicted octanol–water partition coefficient (Wildman–Crippen LogP) is 4.66. The maximum atomic E-state index is 12.5. The number of morpholine rings is 1. The molecule has 0 aliphatic carbocycles. The molecular weight excluding hydrogens is 412 g/mol. The minimum atomic E-state index is -0.238. The van der Waals surface area contributed by atoms with Crippen LogP contribution in [0.4, 0.5) is 5.69 Å². The highest BCUT2D eigenvalue weighted by atomic mass is 16.5. The van der Waals surface area contributed by atoms with Gasteiger partial charge in [-0.15, -0.1) is 0 Å². The highest BCUT2D eigenvalue weighted by Gasteiger charge is 2.42. The Morgan fingerprint density at radius 2 is 1.45 bits per heavy atom. The van der Waals surface area contributed by atoms with E-state index in [1.165, 1.54) is 5.69 Å². The van der Waals surface area contributed by atoms with Gasteiger partial charge in [-0.1, -0.05) is 60.7 Å². The summed E-state index contributed by atoms with van der Waals surface area (Å²) in [6.07, 6.45) is 1.83. The molecule has 0 unspecified atom stereocenters. The van der Waals surface area contributed by atoms with E-state index in [-0.39, 0.29) is 18.1 Å². The highest BCUT2D eigenvalue weighted by Crippen LogP contribution is 2.33. The summed E-state index contributed by atoms with van der Waals surface area (Å²) in [5.41, 5.74) is 3.29. The smallest absolute Gasteiger partial charge is 0.248 e. The van der Waals surface area contributed by atoms with Crippen molar-refractivity contribution in [1.82, 2.24) is 4.90 Å². The fourth-order valence-corrected chi connectivity index (χ4v) is 4.70. The van der Waals surface area contributed by atoms with Crippen molar-refractivity contribution in [2.45, 2.75) is 31.6 Å². The quantitative estimate of drug-likeness (QED) is 0.557. The summed E-state index contributed by atoms with van der Waals surface area (Å²) in [4.78, 5) is 16.8. The fourth-order valence-electron chi connectivity index (χ4n) is 4.70. The highest BCUT2D eigenvalue weighted by molar-refractivity contribution is 5.78. The Hall–Kier alpha value is -3.31. The summed E-state index contributed by atoms with van der Waals surface area (Å²) < 4.78 is 12.0. The maximum Gasteiger partial charge on any atom is 0.248 e. The number of amides is 1. The van der Waals surface area contributed by atoms with Gasteiger partial charge in [0.15, 0.2) is 0 Å². The maximum absolute atomic E-state index is 12.5. The molecule has 5 nitrogen and oxygen atoms in total. The Labute approximate surface area is 195 Å². The summed E-state index contributed by atoms with van der Waals surface area (Å²) >= 11 is 0. The Morgan fingerprint density at radius 1 is 0.818 bits per heavy atom. The Morgan fingerprint density at radius 3 is 2.12 bits per heavy atom. The van der Waals surface area contributed by atoms with E-state index in [2.05, 4.69) is 41.3 Å². The average Bonchev–Trinajstić information content (AvgIpc) is 2.87. The zero-order valence-corrected chi connectivity index (χ0v) is 18.9. The second-order valence-corrected chi connectivity index (χ2v) is 8.96. The van der Waals surface area contributed by atoms with E-state index < -0.39 is 0 Å². The van der Waals surface area contributed by atoms with Gasteiger partial charge in [-0.3, -0.25) is 4.79 Å². The van der Waals surface area contributed by atoms with Gasteiger partial charge < -0.3 is 19.3 Å². The molecule has 0 radical (unpaired) electrons. The number of piperidine rings is 1. The van der Waals surface area contributed by atoms with Crippen molar-refractivity contribution in [1.29, 1.82) is 0 Å². The first-order chi connectivity index (χ1) is 16.2. The Balaban J connectivity index is 1.16. The number of carbonyl (C=O) groups is 1. The van der Waals surface area contributed by atoms with E-state index >= 15 is 0 Å². The second kappa shape index (κ2) is 9.67. The number of carbonyl (C=O) groups excluding carboxylic acids is 1. The molecule has 5 heteroatoms. The standard InChI is InChI=1S/C28H30N2O3/c31-27-21-33-28(22-30(27)19-23-7-3-1-4-8-23)15-17-29(18-16-28)25-11-13-26(14-12-25)32-20-24-9-5-2-6-10-24/h1-14H,15-22H2. The van der Waals surface area contributed by atoms with Gasteiger partial charge in [0.1, 0.15) is 19.0 Å². The van der Waals surface area contributed by atoms with Crippen molar-refractivity contribution < 1.29 is 14.3 Å². The molecule has 0 N–H and O–H groups in total. The number of nitrogens with zero attached hydrogens (tertiary/aromatic N) is 2. The van der Waals surface area contributed by atoms with E-state index in [0.717, 1.165) is 42.8 Å². The van der Waals surface area contributed by atoms with Gasteiger partial charge in [0.2, 0.25) is 5.91 Å². The lowest BCUT2D eigenvalue weighted by molar-refractivity contribution is -0.168. The van der Waals surface area contributed by atoms with Crippen molar-refractivity contribution in [2.24, 2.45) is 0 Å².